The van der Waals surface area contributed by atoms with E-state index in [9.17, 15) is 0 Å². The van der Waals surface area contributed by atoms with Crippen LogP contribution in [0.4, 0.5) is 0 Å². The van der Waals surface area contributed by atoms with Gasteiger partial charge in [-0.15, -0.1) is 0 Å². The number of hydrogen-bond donors (Lipinski definition) is 0. The zero-order valence-electron chi connectivity index (χ0n) is 19.6. The molecule has 0 heterocycles. The minimum absolute atomic E-state index is 0.783. The summed E-state index contributed by atoms with van der Waals surface area (Å²) in [5.41, 5.74) is 11.1. The predicted molar refractivity (Wildman–Crippen MR) is 125 cm³/mol. The van der Waals surface area contributed by atoms with E-state index in [2.05, 4.69) is 50.5 Å². The maximum absolute atomic E-state index is 2.81. The van der Waals surface area contributed by atoms with E-state index in [0.29, 0.717) is 0 Å². The Hall–Kier alpha value is -0.287. The van der Waals surface area contributed by atoms with E-state index < -0.39 is 21.3 Å². The van der Waals surface area contributed by atoms with E-state index in [1.807, 2.05) is 22.3 Å². The fourth-order valence-corrected chi connectivity index (χ4v) is 15.7. The molecule has 4 aliphatic carbocycles. The molecule has 158 valence electrons. The van der Waals surface area contributed by atoms with E-state index in [1.54, 1.807) is 11.1 Å². The molecule has 0 nitrogen and oxygen atoms in total. The number of rotatable bonds is 6. The van der Waals surface area contributed by atoms with Crippen molar-refractivity contribution in [2.24, 2.45) is 11.8 Å². The van der Waals surface area contributed by atoms with Crippen molar-refractivity contribution < 1.29 is 21.3 Å². The van der Waals surface area contributed by atoms with Crippen LogP contribution in [-0.2, 0) is 21.3 Å². The fourth-order valence-electron chi connectivity index (χ4n) is 6.58. The number of hydrogen-bond acceptors (Lipinski definition) is 0. The molecule has 2 unspecified atom stereocenters. The van der Waals surface area contributed by atoms with Crippen LogP contribution < -0.4 is 0 Å². The van der Waals surface area contributed by atoms with E-state index in [1.165, 1.54) is 64.2 Å². The maximum atomic E-state index is 2.81. The van der Waals surface area contributed by atoms with Gasteiger partial charge in [-0.25, -0.2) is 0 Å². The Morgan fingerprint density at radius 1 is 0.759 bits per heavy atom. The van der Waals surface area contributed by atoms with Crippen LogP contribution >= 0.6 is 0 Å². The van der Waals surface area contributed by atoms with Gasteiger partial charge in [0.2, 0.25) is 0 Å². The Labute approximate surface area is 187 Å². The van der Waals surface area contributed by atoms with Crippen LogP contribution in [0.15, 0.2) is 45.6 Å². The second-order valence-electron chi connectivity index (χ2n) is 10.8. The minimum atomic E-state index is -1.86. The second-order valence-corrected chi connectivity index (χ2v) is 17.5. The monoisotopic (exact) mass is 468 g/mol. The molecule has 29 heavy (non-hydrogen) atoms. The van der Waals surface area contributed by atoms with Gasteiger partial charge in [0.15, 0.2) is 0 Å². The molecule has 4 aliphatic rings. The quantitative estimate of drug-likeness (QED) is 0.365. The third kappa shape index (κ3) is 4.51. The molecule has 0 saturated heterocycles. The number of allylic oxidation sites excluding steroid dienone is 8. The van der Waals surface area contributed by atoms with E-state index >= 15 is 0 Å². The van der Waals surface area contributed by atoms with Gasteiger partial charge in [0.1, 0.15) is 0 Å². The molecule has 0 aromatic rings. The van der Waals surface area contributed by atoms with Crippen molar-refractivity contribution in [3.8, 4) is 0 Å². The molecule has 0 fully saturated rings. The Morgan fingerprint density at radius 3 is 1.55 bits per heavy atom. The zero-order chi connectivity index (χ0) is 20.5. The molecule has 0 amide bonds. The van der Waals surface area contributed by atoms with Gasteiger partial charge in [0, 0.05) is 0 Å². The van der Waals surface area contributed by atoms with Gasteiger partial charge in [-0.3, -0.25) is 0 Å². The van der Waals surface area contributed by atoms with Crippen molar-refractivity contribution in [3.05, 3.63) is 45.6 Å². The summed E-state index contributed by atoms with van der Waals surface area (Å²) in [4.78, 5) is 0. The van der Waals surface area contributed by atoms with E-state index in [4.69, 9.17) is 0 Å². The van der Waals surface area contributed by atoms with Gasteiger partial charge in [-0.05, 0) is 0 Å². The van der Waals surface area contributed by atoms with Crippen LogP contribution in [0, 0.1) is 11.8 Å². The molecule has 2 atom stereocenters. The Bertz CT molecular complexity index is 732. The molecular weight excluding hydrogens is 428 g/mol. The van der Waals surface area contributed by atoms with E-state index in [-0.39, 0.29) is 0 Å². The molecule has 0 radical (unpaired) electrons. The summed E-state index contributed by atoms with van der Waals surface area (Å²) in [5, 5.41) is 0. The molecule has 4 rings (SSSR count). The summed E-state index contributed by atoms with van der Waals surface area (Å²) < 4.78 is 4.58. The SMILES string of the molecule is C[CH]=[Zr]([CH]1C(CC(C)C)=CC2=C1CCCC2)[CH]1C(CC(C)C)=CC2=C1CCCC2. The predicted octanol–water partition coefficient (Wildman–Crippen LogP) is 8.72. The van der Waals surface area contributed by atoms with Crippen LogP contribution in [0.1, 0.15) is 98.8 Å². The van der Waals surface area contributed by atoms with Crippen molar-refractivity contribution in [1.29, 1.82) is 0 Å². The van der Waals surface area contributed by atoms with Crippen molar-refractivity contribution in [2.75, 3.05) is 0 Å². The molecule has 0 bridgehead atoms. The first-order chi connectivity index (χ1) is 14.0. The third-order valence-corrected chi connectivity index (χ3v) is 16.0. The van der Waals surface area contributed by atoms with Crippen molar-refractivity contribution in [1.82, 2.24) is 0 Å². The standard InChI is InChI=1S/2C13H19.C2H4.Zr/c2*1-10(2)7-11-8-12-5-3-4-6-13(12)9-11;1-2;/h2*8-10H,3-7H2,1-2H3;1H,2H3;. The van der Waals surface area contributed by atoms with Gasteiger partial charge < -0.3 is 0 Å². The topological polar surface area (TPSA) is 0 Å². The summed E-state index contributed by atoms with van der Waals surface area (Å²) in [6.07, 6.45) is 19.3. The Balaban J connectivity index is 1.74. The summed E-state index contributed by atoms with van der Waals surface area (Å²) in [6.45, 7) is 12.2. The summed E-state index contributed by atoms with van der Waals surface area (Å²) in [5.74, 6) is 1.57. The zero-order valence-corrected chi connectivity index (χ0v) is 22.1. The molecular formula is C28H42Zr. The van der Waals surface area contributed by atoms with Gasteiger partial charge in [0.25, 0.3) is 0 Å². The van der Waals surface area contributed by atoms with Crippen LogP contribution in [0.25, 0.3) is 0 Å². The normalized spacial score (nSPS) is 26.7. The van der Waals surface area contributed by atoms with Crippen LogP contribution in [0.2, 0.25) is 7.25 Å². The summed E-state index contributed by atoms with van der Waals surface area (Å²) in [6, 6.07) is 0. The van der Waals surface area contributed by atoms with Gasteiger partial charge >= 0.3 is 188 Å². The average molecular weight is 470 g/mol. The van der Waals surface area contributed by atoms with Gasteiger partial charge in [-0.2, -0.15) is 0 Å². The van der Waals surface area contributed by atoms with Gasteiger partial charge in [-0.1, -0.05) is 0 Å². The molecule has 0 saturated carbocycles. The second kappa shape index (κ2) is 9.46. The molecule has 0 aliphatic heterocycles. The Kier molecular flexibility index (Phi) is 7.16. The van der Waals surface area contributed by atoms with Crippen molar-refractivity contribution >= 4 is 3.71 Å². The first-order valence-electron chi connectivity index (χ1n) is 12.5. The molecule has 0 aromatic carbocycles. The van der Waals surface area contributed by atoms with Crippen molar-refractivity contribution in [3.63, 3.8) is 0 Å². The summed E-state index contributed by atoms with van der Waals surface area (Å²) in [7, 11) is 0. The molecule has 0 aromatic heterocycles. The fraction of sp³-hybridized carbons (Fsp3) is 0.679. The molecule has 0 N–H and O–H groups in total. The van der Waals surface area contributed by atoms with Crippen LogP contribution in [0.5, 0.6) is 0 Å². The Morgan fingerprint density at radius 2 is 1.17 bits per heavy atom. The van der Waals surface area contributed by atoms with Crippen LogP contribution in [-0.4, -0.2) is 3.71 Å². The molecule has 0 spiro atoms. The van der Waals surface area contributed by atoms with Crippen molar-refractivity contribution in [2.45, 2.75) is 106 Å². The molecule has 1 heteroatoms. The average Bonchev–Trinajstić information content (AvgIpc) is 3.20. The van der Waals surface area contributed by atoms with E-state index in [0.717, 1.165) is 19.1 Å². The van der Waals surface area contributed by atoms with Gasteiger partial charge in [0.05, 0.1) is 0 Å². The first kappa shape index (κ1) is 21.9. The van der Waals surface area contributed by atoms with Crippen LogP contribution in [0.3, 0.4) is 0 Å². The first-order valence-corrected chi connectivity index (χ1v) is 16.8. The third-order valence-electron chi connectivity index (χ3n) is 7.56. The summed E-state index contributed by atoms with van der Waals surface area (Å²) >= 11 is -1.86.